The number of aryl methyl sites for hydroxylation is 1. The summed E-state index contributed by atoms with van der Waals surface area (Å²) in [4.78, 5) is 29.7. The second-order valence-corrected chi connectivity index (χ2v) is 7.90. The summed E-state index contributed by atoms with van der Waals surface area (Å²) in [6.07, 6.45) is 0.812. The molecular weight excluding hydrogens is 415 g/mol. The third kappa shape index (κ3) is 4.24. The van der Waals surface area contributed by atoms with Crippen LogP contribution in [0.2, 0.25) is 0 Å². The van der Waals surface area contributed by atoms with Crippen LogP contribution >= 0.6 is 0 Å². The molecule has 0 radical (unpaired) electrons. The fourth-order valence-electron chi connectivity index (χ4n) is 4.05. The van der Waals surface area contributed by atoms with E-state index >= 15 is 0 Å². The van der Waals surface area contributed by atoms with E-state index in [9.17, 15) is 19.1 Å². The summed E-state index contributed by atoms with van der Waals surface area (Å²) in [6, 6.07) is 9.18. The van der Waals surface area contributed by atoms with Gasteiger partial charge in [0.05, 0.1) is 31.2 Å². The van der Waals surface area contributed by atoms with Crippen molar-refractivity contribution in [1.29, 1.82) is 0 Å². The maximum Gasteiger partial charge on any atom is 0.263 e. The molecule has 3 aromatic rings. The van der Waals surface area contributed by atoms with Crippen LogP contribution < -0.4 is 10.3 Å². The highest BCUT2D eigenvalue weighted by atomic mass is 19.1. The van der Waals surface area contributed by atoms with Gasteiger partial charge in [0, 0.05) is 18.3 Å². The average Bonchev–Trinajstić information content (AvgIpc) is 2.79. The standard InChI is InChI=1S/C24H25FN2O5/c1-14-9-16(25)3-5-19(14)22-11-26-23(29)21-10-18(4-6-20(21)22)32-15(2)24(30)27-7-8-31-13-17(27)12-28/h3-6,9-11,15,17,28H,7-8,12-13H2,1-2H3,(H,26,29)/t15-,17+/m1/s1. The number of aliphatic hydroxyl groups excluding tert-OH is 1. The molecule has 0 aliphatic carbocycles. The first-order chi connectivity index (χ1) is 15.4. The van der Waals surface area contributed by atoms with Gasteiger partial charge in [-0.2, -0.15) is 0 Å². The van der Waals surface area contributed by atoms with Crippen molar-refractivity contribution in [2.24, 2.45) is 0 Å². The van der Waals surface area contributed by atoms with Gasteiger partial charge in [-0.1, -0.05) is 6.07 Å². The lowest BCUT2D eigenvalue weighted by Gasteiger charge is -2.35. The molecule has 0 unspecified atom stereocenters. The highest BCUT2D eigenvalue weighted by Gasteiger charge is 2.30. The minimum Gasteiger partial charge on any atom is -0.481 e. The lowest BCUT2D eigenvalue weighted by Crippen LogP contribution is -2.54. The molecule has 0 bridgehead atoms. The number of nitrogens with zero attached hydrogens (tertiary/aromatic N) is 1. The number of pyridine rings is 1. The van der Waals surface area contributed by atoms with Crippen molar-refractivity contribution in [1.82, 2.24) is 9.88 Å². The number of amides is 1. The van der Waals surface area contributed by atoms with Gasteiger partial charge in [-0.05, 0) is 60.7 Å². The van der Waals surface area contributed by atoms with Gasteiger partial charge in [-0.3, -0.25) is 9.59 Å². The molecule has 0 saturated carbocycles. The van der Waals surface area contributed by atoms with Crippen molar-refractivity contribution >= 4 is 16.7 Å². The number of aliphatic hydroxyl groups is 1. The summed E-state index contributed by atoms with van der Waals surface area (Å²) in [5, 5.41) is 10.6. The number of carbonyl (C=O) groups excluding carboxylic acids is 1. The first-order valence-electron chi connectivity index (χ1n) is 10.5. The monoisotopic (exact) mass is 440 g/mol. The van der Waals surface area contributed by atoms with Crippen LogP contribution in [0.25, 0.3) is 21.9 Å². The second kappa shape index (κ2) is 9.10. The Kier molecular flexibility index (Phi) is 6.25. The number of H-pyrrole nitrogens is 1. The third-order valence-electron chi connectivity index (χ3n) is 5.73. The number of ether oxygens (including phenoxy) is 2. The minimum absolute atomic E-state index is 0.185. The molecule has 0 spiro atoms. The fraction of sp³-hybridized carbons (Fsp3) is 0.333. The number of aromatic nitrogens is 1. The molecule has 2 heterocycles. The normalized spacial score (nSPS) is 17.4. The highest BCUT2D eigenvalue weighted by Crippen LogP contribution is 2.31. The van der Waals surface area contributed by atoms with Crippen LogP contribution in [0.5, 0.6) is 5.75 Å². The molecule has 1 aliphatic rings. The van der Waals surface area contributed by atoms with Crippen LogP contribution in [-0.2, 0) is 9.53 Å². The van der Waals surface area contributed by atoms with Crippen LogP contribution in [-0.4, -0.2) is 59.4 Å². The van der Waals surface area contributed by atoms with Gasteiger partial charge in [0.1, 0.15) is 11.6 Å². The molecule has 1 fully saturated rings. The average molecular weight is 440 g/mol. The van der Waals surface area contributed by atoms with Crippen molar-refractivity contribution in [3.8, 4) is 16.9 Å². The van der Waals surface area contributed by atoms with Gasteiger partial charge in [-0.25, -0.2) is 4.39 Å². The number of halogens is 1. The largest absolute Gasteiger partial charge is 0.481 e. The van der Waals surface area contributed by atoms with Gasteiger partial charge in [0.15, 0.2) is 6.10 Å². The van der Waals surface area contributed by atoms with Crippen LogP contribution in [0.15, 0.2) is 47.4 Å². The molecule has 2 aromatic carbocycles. The van der Waals surface area contributed by atoms with Crippen LogP contribution in [0, 0.1) is 12.7 Å². The van der Waals surface area contributed by atoms with Crippen molar-refractivity contribution in [3.05, 3.63) is 64.3 Å². The molecule has 7 nitrogen and oxygen atoms in total. The van der Waals surface area contributed by atoms with Gasteiger partial charge in [0.25, 0.3) is 11.5 Å². The van der Waals surface area contributed by atoms with Crippen molar-refractivity contribution in [2.45, 2.75) is 26.0 Å². The Balaban J connectivity index is 1.63. The number of hydrogen-bond donors (Lipinski definition) is 2. The minimum atomic E-state index is -0.804. The number of benzene rings is 2. The molecular formula is C24H25FN2O5. The van der Waals surface area contributed by atoms with Crippen LogP contribution in [0.3, 0.4) is 0 Å². The van der Waals surface area contributed by atoms with E-state index in [4.69, 9.17) is 9.47 Å². The molecule has 8 heteroatoms. The summed E-state index contributed by atoms with van der Waals surface area (Å²) < 4.78 is 24.7. The van der Waals surface area contributed by atoms with E-state index in [0.29, 0.717) is 29.7 Å². The number of aromatic amines is 1. The predicted octanol–water partition coefficient (Wildman–Crippen LogP) is 2.63. The maximum absolute atomic E-state index is 13.5. The second-order valence-electron chi connectivity index (χ2n) is 7.90. The third-order valence-corrected chi connectivity index (χ3v) is 5.73. The van der Waals surface area contributed by atoms with E-state index in [-0.39, 0.29) is 30.5 Å². The fourth-order valence-corrected chi connectivity index (χ4v) is 4.05. The highest BCUT2D eigenvalue weighted by molar-refractivity contribution is 5.97. The van der Waals surface area contributed by atoms with Crippen LogP contribution in [0.1, 0.15) is 12.5 Å². The number of carbonyl (C=O) groups is 1. The van der Waals surface area contributed by atoms with E-state index < -0.39 is 12.1 Å². The molecule has 1 aliphatic heterocycles. The van der Waals surface area contributed by atoms with Crippen molar-refractivity contribution in [3.63, 3.8) is 0 Å². The topological polar surface area (TPSA) is 91.9 Å². The van der Waals surface area contributed by atoms with E-state index in [1.807, 2.05) is 6.92 Å². The Hall–Kier alpha value is -3.23. The first-order valence-corrected chi connectivity index (χ1v) is 10.5. The first kappa shape index (κ1) is 22.0. The lowest BCUT2D eigenvalue weighted by molar-refractivity contribution is -0.148. The van der Waals surface area contributed by atoms with Gasteiger partial charge < -0.3 is 24.5 Å². The van der Waals surface area contributed by atoms with Gasteiger partial charge in [-0.15, -0.1) is 0 Å². The van der Waals surface area contributed by atoms with E-state index in [0.717, 1.165) is 16.7 Å². The van der Waals surface area contributed by atoms with Crippen LogP contribution in [0.4, 0.5) is 4.39 Å². The Morgan fingerprint density at radius 3 is 2.84 bits per heavy atom. The Morgan fingerprint density at radius 2 is 2.09 bits per heavy atom. The van der Waals surface area contributed by atoms with E-state index in [1.54, 1.807) is 42.3 Å². The number of morpholine rings is 1. The number of hydrogen-bond acceptors (Lipinski definition) is 5. The zero-order valence-corrected chi connectivity index (χ0v) is 17.9. The summed E-state index contributed by atoms with van der Waals surface area (Å²) in [5.41, 5.74) is 2.04. The number of nitrogens with one attached hydrogen (secondary N) is 1. The molecule has 1 amide bonds. The summed E-state index contributed by atoms with van der Waals surface area (Å²) in [6.45, 7) is 4.34. The van der Waals surface area contributed by atoms with E-state index in [2.05, 4.69) is 4.98 Å². The molecule has 1 aromatic heterocycles. The zero-order valence-electron chi connectivity index (χ0n) is 17.9. The maximum atomic E-state index is 13.5. The summed E-state index contributed by atoms with van der Waals surface area (Å²) >= 11 is 0. The molecule has 32 heavy (non-hydrogen) atoms. The quantitative estimate of drug-likeness (QED) is 0.637. The number of rotatable bonds is 5. The molecule has 4 rings (SSSR count). The van der Waals surface area contributed by atoms with Gasteiger partial charge >= 0.3 is 0 Å². The van der Waals surface area contributed by atoms with Crippen molar-refractivity contribution in [2.75, 3.05) is 26.4 Å². The zero-order chi connectivity index (χ0) is 22.8. The summed E-state index contributed by atoms with van der Waals surface area (Å²) in [5.74, 6) is -0.194. The predicted molar refractivity (Wildman–Crippen MR) is 118 cm³/mol. The summed E-state index contributed by atoms with van der Waals surface area (Å²) in [7, 11) is 0. The van der Waals surface area contributed by atoms with E-state index in [1.165, 1.54) is 12.1 Å². The lowest BCUT2D eigenvalue weighted by atomic mass is 9.97. The van der Waals surface area contributed by atoms with Gasteiger partial charge in [0.2, 0.25) is 0 Å². The molecule has 2 atom stereocenters. The molecule has 1 saturated heterocycles. The Bertz CT molecular complexity index is 1210. The SMILES string of the molecule is Cc1cc(F)ccc1-c1c[nH]c(=O)c2cc(O[C@H](C)C(=O)N3CCOC[C@@H]3CO)ccc12. The Labute approximate surface area is 184 Å². The molecule has 168 valence electrons. The Morgan fingerprint density at radius 1 is 1.28 bits per heavy atom. The molecule has 2 N–H and O–H groups in total. The smallest absolute Gasteiger partial charge is 0.263 e. The van der Waals surface area contributed by atoms with Crippen molar-refractivity contribution < 1.29 is 23.8 Å². The number of fused-ring (bicyclic) bond motifs is 1.